The van der Waals surface area contributed by atoms with Gasteiger partial charge in [-0.25, -0.2) is 0 Å². The molecule has 0 bridgehead atoms. The van der Waals surface area contributed by atoms with Crippen molar-refractivity contribution in [2.75, 3.05) is 0 Å². The molecule has 1 rings (SSSR count). The lowest BCUT2D eigenvalue weighted by Crippen LogP contribution is -2.46. The van der Waals surface area contributed by atoms with E-state index in [0.717, 1.165) is 5.56 Å². The highest BCUT2D eigenvalue weighted by atomic mass is 16.4. The Kier molecular flexibility index (Phi) is 5.32. The Morgan fingerprint density at radius 2 is 1.94 bits per heavy atom. The van der Waals surface area contributed by atoms with Crippen LogP contribution in [0.2, 0.25) is 0 Å². The van der Waals surface area contributed by atoms with Crippen LogP contribution in [0.15, 0.2) is 30.3 Å². The van der Waals surface area contributed by atoms with E-state index in [-0.39, 0.29) is 12.5 Å². The zero-order valence-electron chi connectivity index (χ0n) is 10.3. The van der Waals surface area contributed by atoms with Crippen molar-refractivity contribution in [2.24, 2.45) is 5.73 Å². The summed E-state index contributed by atoms with van der Waals surface area (Å²) < 4.78 is 0. The molecule has 0 saturated heterocycles. The monoisotopic (exact) mass is 250 g/mol. The summed E-state index contributed by atoms with van der Waals surface area (Å²) in [4.78, 5) is 22.0. The Balaban J connectivity index is 2.42. The van der Waals surface area contributed by atoms with E-state index in [1.165, 1.54) is 0 Å². The largest absolute Gasteiger partial charge is 0.481 e. The summed E-state index contributed by atoms with van der Waals surface area (Å²) in [7, 11) is 0. The van der Waals surface area contributed by atoms with Crippen molar-refractivity contribution in [3.63, 3.8) is 0 Å². The van der Waals surface area contributed by atoms with Crippen LogP contribution in [0, 0.1) is 0 Å². The number of hydrogen-bond donors (Lipinski definition) is 3. The maximum atomic E-state index is 11.6. The number of benzene rings is 1. The van der Waals surface area contributed by atoms with Crippen LogP contribution in [0.25, 0.3) is 0 Å². The molecule has 0 heterocycles. The molecule has 0 aliphatic carbocycles. The lowest BCUT2D eigenvalue weighted by molar-refractivity contribution is -0.139. The molecule has 1 amide bonds. The zero-order valence-corrected chi connectivity index (χ0v) is 10.3. The van der Waals surface area contributed by atoms with Gasteiger partial charge in [-0.3, -0.25) is 9.59 Å². The van der Waals surface area contributed by atoms with E-state index in [1.807, 2.05) is 37.3 Å². The minimum Gasteiger partial charge on any atom is -0.481 e. The second-order valence-electron chi connectivity index (χ2n) is 4.30. The van der Waals surface area contributed by atoms with Gasteiger partial charge in [0.15, 0.2) is 0 Å². The molecular formula is C13H18N2O3. The Labute approximate surface area is 106 Å². The van der Waals surface area contributed by atoms with E-state index >= 15 is 0 Å². The van der Waals surface area contributed by atoms with Crippen LogP contribution < -0.4 is 11.1 Å². The van der Waals surface area contributed by atoms with E-state index in [9.17, 15) is 9.59 Å². The lowest BCUT2D eigenvalue weighted by atomic mass is 10.1. The molecule has 18 heavy (non-hydrogen) atoms. The molecular weight excluding hydrogens is 232 g/mol. The molecule has 5 nitrogen and oxygen atoms in total. The molecule has 0 saturated carbocycles. The Hall–Kier alpha value is -1.88. The standard InChI is InChI=1S/C13H18N2O3/c1-9(7-10-5-3-2-4-6-10)15-13(18)11(14)8-12(16)17/h2-6,9,11H,7-8,14H2,1H3,(H,15,18)(H,16,17)/t9?,11-/m0/s1. The second kappa shape index (κ2) is 6.76. The van der Waals surface area contributed by atoms with Gasteiger partial charge in [-0.15, -0.1) is 0 Å². The molecule has 4 N–H and O–H groups in total. The average Bonchev–Trinajstić information content (AvgIpc) is 2.29. The molecule has 0 aliphatic rings. The molecule has 0 spiro atoms. The summed E-state index contributed by atoms with van der Waals surface area (Å²) in [5.74, 6) is -1.51. The van der Waals surface area contributed by atoms with Crippen LogP contribution in [0.3, 0.4) is 0 Å². The SMILES string of the molecule is CC(Cc1ccccc1)NC(=O)[C@@H](N)CC(=O)O. The van der Waals surface area contributed by atoms with Gasteiger partial charge >= 0.3 is 5.97 Å². The second-order valence-corrected chi connectivity index (χ2v) is 4.30. The number of nitrogens with one attached hydrogen (secondary N) is 1. The number of carboxylic acids is 1. The smallest absolute Gasteiger partial charge is 0.305 e. The van der Waals surface area contributed by atoms with Crippen molar-refractivity contribution in [1.29, 1.82) is 0 Å². The molecule has 0 aromatic heterocycles. The molecule has 5 heteroatoms. The highest BCUT2D eigenvalue weighted by Crippen LogP contribution is 2.03. The number of hydrogen-bond acceptors (Lipinski definition) is 3. The number of aliphatic carboxylic acids is 1. The maximum absolute atomic E-state index is 11.6. The molecule has 0 radical (unpaired) electrons. The number of rotatable bonds is 6. The van der Waals surface area contributed by atoms with Gasteiger partial charge in [0.1, 0.15) is 0 Å². The van der Waals surface area contributed by atoms with Crippen LogP contribution in [-0.2, 0) is 16.0 Å². The summed E-state index contributed by atoms with van der Waals surface area (Å²) in [6.45, 7) is 1.86. The van der Waals surface area contributed by atoms with E-state index in [4.69, 9.17) is 10.8 Å². The minimum atomic E-state index is -1.08. The van der Waals surface area contributed by atoms with Gasteiger partial charge in [-0.1, -0.05) is 30.3 Å². The third-order valence-corrected chi connectivity index (χ3v) is 2.50. The summed E-state index contributed by atoms with van der Waals surface area (Å²) in [5, 5.41) is 11.2. The molecule has 98 valence electrons. The first-order valence-corrected chi connectivity index (χ1v) is 5.80. The van der Waals surface area contributed by atoms with Crippen LogP contribution >= 0.6 is 0 Å². The molecule has 1 unspecified atom stereocenters. The van der Waals surface area contributed by atoms with Gasteiger partial charge in [-0.2, -0.15) is 0 Å². The fourth-order valence-electron chi connectivity index (χ4n) is 1.65. The topological polar surface area (TPSA) is 92.4 Å². The van der Waals surface area contributed by atoms with Crippen LogP contribution in [0.1, 0.15) is 18.9 Å². The van der Waals surface area contributed by atoms with Gasteiger partial charge in [0, 0.05) is 6.04 Å². The van der Waals surface area contributed by atoms with Crippen LogP contribution in [-0.4, -0.2) is 29.1 Å². The predicted molar refractivity (Wildman–Crippen MR) is 68.0 cm³/mol. The van der Waals surface area contributed by atoms with Gasteiger partial charge in [-0.05, 0) is 18.9 Å². The minimum absolute atomic E-state index is 0.0836. The number of nitrogens with two attached hydrogens (primary N) is 1. The van der Waals surface area contributed by atoms with Gasteiger partial charge < -0.3 is 16.2 Å². The van der Waals surface area contributed by atoms with Crippen molar-refractivity contribution in [3.8, 4) is 0 Å². The van der Waals surface area contributed by atoms with Crippen LogP contribution in [0.4, 0.5) is 0 Å². The first-order chi connectivity index (χ1) is 8.49. The fraction of sp³-hybridized carbons (Fsp3) is 0.385. The molecule has 0 aliphatic heterocycles. The Bertz CT molecular complexity index is 406. The number of carbonyl (C=O) groups excluding carboxylic acids is 1. The number of carboxylic acid groups (broad SMARTS) is 1. The van der Waals surface area contributed by atoms with E-state index < -0.39 is 17.9 Å². The summed E-state index contributed by atoms with van der Waals surface area (Å²) in [6, 6.07) is 8.65. The first kappa shape index (κ1) is 14.2. The molecule has 0 fully saturated rings. The summed E-state index contributed by atoms with van der Waals surface area (Å²) in [6.07, 6.45) is 0.330. The molecule has 2 atom stereocenters. The number of carbonyl (C=O) groups is 2. The predicted octanol–water partition coefficient (Wildman–Crippen LogP) is 0.536. The van der Waals surface area contributed by atoms with Crippen molar-refractivity contribution in [2.45, 2.75) is 31.8 Å². The third kappa shape index (κ3) is 4.97. The van der Waals surface area contributed by atoms with Crippen molar-refractivity contribution < 1.29 is 14.7 Å². The Morgan fingerprint density at radius 1 is 1.33 bits per heavy atom. The third-order valence-electron chi connectivity index (χ3n) is 2.50. The van der Waals surface area contributed by atoms with Crippen molar-refractivity contribution >= 4 is 11.9 Å². The summed E-state index contributed by atoms with van der Waals surface area (Å²) in [5.41, 5.74) is 6.58. The fourth-order valence-corrected chi connectivity index (χ4v) is 1.65. The van der Waals surface area contributed by atoms with Crippen LogP contribution in [0.5, 0.6) is 0 Å². The molecule has 1 aromatic carbocycles. The Morgan fingerprint density at radius 3 is 2.50 bits per heavy atom. The van der Waals surface area contributed by atoms with Crippen molar-refractivity contribution in [3.05, 3.63) is 35.9 Å². The van der Waals surface area contributed by atoms with E-state index in [2.05, 4.69) is 5.32 Å². The normalized spacial score (nSPS) is 13.7. The highest BCUT2D eigenvalue weighted by molar-refractivity contribution is 5.86. The lowest BCUT2D eigenvalue weighted by Gasteiger charge is -2.16. The van der Waals surface area contributed by atoms with Gasteiger partial charge in [0.2, 0.25) is 5.91 Å². The highest BCUT2D eigenvalue weighted by Gasteiger charge is 2.18. The van der Waals surface area contributed by atoms with Gasteiger partial charge in [0.05, 0.1) is 12.5 Å². The number of amides is 1. The quantitative estimate of drug-likeness (QED) is 0.687. The summed E-state index contributed by atoms with van der Waals surface area (Å²) >= 11 is 0. The van der Waals surface area contributed by atoms with E-state index in [1.54, 1.807) is 0 Å². The first-order valence-electron chi connectivity index (χ1n) is 5.80. The maximum Gasteiger partial charge on any atom is 0.305 e. The van der Waals surface area contributed by atoms with Gasteiger partial charge in [0.25, 0.3) is 0 Å². The zero-order chi connectivity index (χ0) is 13.5. The average molecular weight is 250 g/mol. The van der Waals surface area contributed by atoms with Crippen molar-refractivity contribution in [1.82, 2.24) is 5.32 Å². The molecule has 1 aromatic rings. The van der Waals surface area contributed by atoms with E-state index in [0.29, 0.717) is 6.42 Å².